The molecule has 1 amide bonds. The maximum Gasteiger partial charge on any atom is 0.413 e. The minimum Gasteiger partial charge on any atom is -0.479 e. The van der Waals surface area contributed by atoms with E-state index in [-0.39, 0.29) is 11.4 Å². The lowest BCUT2D eigenvalue weighted by molar-refractivity contribution is -0.138. The number of aliphatic carboxylic acids is 1. The lowest BCUT2D eigenvalue weighted by Gasteiger charge is -2.20. The summed E-state index contributed by atoms with van der Waals surface area (Å²) in [5, 5.41) is 16.2. The third-order valence-corrected chi connectivity index (χ3v) is 4.67. The Hall–Kier alpha value is -4.29. The average molecular weight is 525 g/mol. The molecule has 0 radical (unpaired) electrons. The molecule has 37 heavy (non-hydrogen) atoms. The Labute approximate surface area is 208 Å². The fourth-order valence-electron chi connectivity index (χ4n) is 3.31. The van der Waals surface area contributed by atoms with E-state index in [1.54, 1.807) is 39.0 Å². The molecule has 0 saturated heterocycles. The molecule has 1 unspecified atom stereocenters. The van der Waals surface area contributed by atoms with E-state index in [4.69, 9.17) is 4.74 Å². The van der Waals surface area contributed by atoms with Gasteiger partial charge in [0.15, 0.2) is 17.5 Å². The number of fused-ring (bicyclic) bond motifs is 1. The molecule has 0 spiro atoms. The van der Waals surface area contributed by atoms with Crippen LogP contribution in [0.1, 0.15) is 32.4 Å². The van der Waals surface area contributed by atoms with E-state index < -0.39 is 48.4 Å². The Morgan fingerprint density at radius 1 is 0.946 bits per heavy atom. The Morgan fingerprint density at radius 2 is 1.62 bits per heavy atom. The molecule has 198 valence electrons. The second-order valence-corrected chi connectivity index (χ2v) is 8.60. The Bertz CT molecular complexity index is 1280. The first-order valence-corrected chi connectivity index (χ1v) is 10.7. The van der Waals surface area contributed by atoms with Crippen molar-refractivity contribution in [3.63, 3.8) is 0 Å². The van der Waals surface area contributed by atoms with E-state index in [1.807, 2.05) is 0 Å². The van der Waals surface area contributed by atoms with Crippen LogP contribution in [0.3, 0.4) is 0 Å². The maximum atomic E-state index is 12.8. The number of ether oxygens (including phenoxy) is 3. The molecule has 9 nitrogen and oxygen atoms in total. The largest absolute Gasteiger partial charge is 0.479 e. The Morgan fingerprint density at radius 3 is 2.24 bits per heavy atom. The highest BCUT2D eigenvalue weighted by molar-refractivity contribution is 5.99. The number of halogens is 4. The van der Waals surface area contributed by atoms with E-state index in [1.165, 1.54) is 12.3 Å². The standard InChI is InChI=1S/C24H23F4N3O6/c1-24(2,3)37-23(34)31-19-15-6-5-14(10-12(15)8-9-29-19)30-18(20(32)33)13-4-7-16(35-21(25)26)17(11-13)36-22(27)28/h4-11,18,21-22,30H,1-3H3,(H,32,33)(H,29,31,34). The van der Waals surface area contributed by atoms with E-state index >= 15 is 0 Å². The average Bonchev–Trinajstić information content (AvgIpc) is 2.76. The highest BCUT2D eigenvalue weighted by Gasteiger charge is 2.24. The first-order chi connectivity index (χ1) is 17.3. The van der Waals surface area contributed by atoms with Crippen molar-refractivity contribution < 1.29 is 46.5 Å². The quantitative estimate of drug-likeness (QED) is 0.290. The highest BCUT2D eigenvalue weighted by Crippen LogP contribution is 2.34. The first kappa shape index (κ1) is 27.3. The number of carboxylic acid groups (broad SMARTS) is 1. The van der Waals surface area contributed by atoms with Crippen molar-refractivity contribution >= 4 is 34.3 Å². The molecule has 0 aliphatic rings. The van der Waals surface area contributed by atoms with E-state index in [9.17, 15) is 32.3 Å². The molecule has 2 aromatic carbocycles. The van der Waals surface area contributed by atoms with Crippen LogP contribution >= 0.6 is 0 Å². The number of carbonyl (C=O) groups excluding carboxylic acids is 1. The van der Waals surface area contributed by atoms with Gasteiger partial charge < -0.3 is 24.6 Å². The van der Waals surface area contributed by atoms with Crippen molar-refractivity contribution in [1.82, 2.24) is 4.98 Å². The zero-order chi connectivity index (χ0) is 27.3. The molecule has 1 heterocycles. The van der Waals surface area contributed by atoms with E-state index in [0.717, 1.165) is 18.2 Å². The number of hydrogen-bond donors (Lipinski definition) is 3. The third kappa shape index (κ3) is 7.59. The third-order valence-electron chi connectivity index (χ3n) is 4.67. The van der Waals surface area contributed by atoms with Crippen molar-refractivity contribution in [2.45, 2.75) is 45.6 Å². The van der Waals surface area contributed by atoms with Crippen LogP contribution in [0.25, 0.3) is 10.8 Å². The van der Waals surface area contributed by atoms with Crippen molar-refractivity contribution in [1.29, 1.82) is 0 Å². The molecule has 3 N–H and O–H groups in total. The molecule has 0 saturated carbocycles. The molecule has 1 aromatic heterocycles. The van der Waals surface area contributed by atoms with Crippen LogP contribution in [0, 0.1) is 0 Å². The minimum atomic E-state index is -3.36. The Balaban J connectivity index is 1.89. The zero-order valence-corrected chi connectivity index (χ0v) is 19.8. The van der Waals surface area contributed by atoms with Gasteiger partial charge in [0.1, 0.15) is 11.4 Å². The summed E-state index contributed by atoms with van der Waals surface area (Å²) in [6.45, 7) is -1.53. The molecular formula is C24H23F4N3O6. The number of amides is 1. The number of carboxylic acids is 1. The van der Waals surface area contributed by atoms with Gasteiger partial charge in [-0.2, -0.15) is 17.6 Å². The van der Waals surface area contributed by atoms with Gasteiger partial charge in [0.2, 0.25) is 0 Å². The predicted molar refractivity (Wildman–Crippen MR) is 125 cm³/mol. The lowest BCUT2D eigenvalue weighted by atomic mass is 10.0. The summed E-state index contributed by atoms with van der Waals surface area (Å²) < 4.78 is 64.4. The summed E-state index contributed by atoms with van der Waals surface area (Å²) >= 11 is 0. The summed E-state index contributed by atoms with van der Waals surface area (Å²) in [6, 6.07) is 7.77. The second kappa shape index (κ2) is 11.2. The van der Waals surface area contributed by atoms with Crippen LogP contribution in [0.5, 0.6) is 11.5 Å². The molecule has 3 aromatic rings. The summed E-state index contributed by atoms with van der Waals surface area (Å²) in [7, 11) is 0. The lowest BCUT2D eigenvalue weighted by Crippen LogP contribution is -2.27. The number of benzene rings is 2. The van der Waals surface area contributed by atoms with Gasteiger partial charge in [-0.15, -0.1) is 0 Å². The number of aromatic nitrogens is 1. The van der Waals surface area contributed by atoms with Crippen LogP contribution in [-0.4, -0.2) is 41.0 Å². The van der Waals surface area contributed by atoms with Gasteiger partial charge in [-0.05, 0) is 68.1 Å². The number of alkyl halides is 4. The van der Waals surface area contributed by atoms with Crippen molar-refractivity contribution in [3.05, 3.63) is 54.2 Å². The summed E-state index contributed by atoms with van der Waals surface area (Å²) in [5.74, 6) is -2.58. The molecule has 0 aliphatic heterocycles. The minimum absolute atomic E-state index is 0.0631. The van der Waals surface area contributed by atoms with Crippen molar-refractivity contribution in [2.75, 3.05) is 10.6 Å². The molecule has 0 fully saturated rings. The number of pyridine rings is 1. The summed E-state index contributed by atoms with van der Waals surface area (Å²) in [4.78, 5) is 28.3. The number of anilines is 2. The number of carbonyl (C=O) groups is 2. The molecule has 13 heteroatoms. The van der Waals surface area contributed by atoms with Crippen molar-refractivity contribution in [2.24, 2.45) is 0 Å². The van der Waals surface area contributed by atoms with Gasteiger partial charge in [-0.3, -0.25) is 5.32 Å². The number of nitrogens with zero attached hydrogens (tertiary/aromatic N) is 1. The summed E-state index contributed by atoms with van der Waals surface area (Å²) in [6.07, 6.45) is 0.727. The second-order valence-electron chi connectivity index (χ2n) is 8.60. The fourth-order valence-corrected chi connectivity index (χ4v) is 3.31. The van der Waals surface area contributed by atoms with Gasteiger partial charge in [-0.25, -0.2) is 14.6 Å². The molecular weight excluding hydrogens is 502 g/mol. The van der Waals surface area contributed by atoms with Crippen LogP contribution in [0.4, 0.5) is 33.9 Å². The van der Waals surface area contributed by atoms with Gasteiger partial charge in [-0.1, -0.05) is 6.07 Å². The summed E-state index contributed by atoms with van der Waals surface area (Å²) in [5.41, 5.74) is -0.466. The molecule has 0 bridgehead atoms. The molecule has 0 aliphatic carbocycles. The van der Waals surface area contributed by atoms with Gasteiger partial charge in [0.05, 0.1) is 0 Å². The Kier molecular flexibility index (Phi) is 8.25. The normalized spacial score (nSPS) is 12.4. The van der Waals surface area contributed by atoms with Crippen LogP contribution in [0.2, 0.25) is 0 Å². The molecule has 1 atom stereocenters. The number of nitrogens with one attached hydrogen (secondary N) is 2. The van der Waals surface area contributed by atoms with Gasteiger partial charge >= 0.3 is 25.3 Å². The maximum absolute atomic E-state index is 12.8. The van der Waals surface area contributed by atoms with E-state index in [0.29, 0.717) is 16.5 Å². The monoisotopic (exact) mass is 525 g/mol. The van der Waals surface area contributed by atoms with Crippen molar-refractivity contribution in [3.8, 4) is 11.5 Å². The zero-order valence-electron chi connectivity index (χ0n) is 19.8. The smallest absolute Gasteiger partial charge is 0.413 e. The van der Waals surface area contributed by atoms with Gasteiger partial charge in [0, 0.05) is 17.3 Å². The highest BCUT2D eigenvalue weighted by atomic mass is 19.3. The molecule has 3 rings (SSSR count). The predicted octanol–water partition coefficient (Wildman–Crippen LogP) is 6.02. The fraction of sp³-hybridized carbons (Fsp3) is 0.292. The van der Waals surface area contributed by atoms with Crippen LogP contribution in [-0.2, 0) is 9.53 Å². The van der Waals surface area contributed by atoms with Gasteiger partial charge in [0.25, 0.3) is 0 Å². The number of rotatable bonds is 9. The first-order valence-electron chi connectivity index (χ1n) is 10.7. The van der Waals surface area contributed by atoms with E-state index in [2.05, 4.69) is 25.1 Å². The topological polar surface area (TPSA) is 119 Å². The van der Waals surface area contributed by atoms with Crippen LogP contribution in [0.15, 0.2) is 48.7 Å². The number of hydrogen-bond acceptors (Lipinski definition) is 7. The SMILES string of the molecule is CC(C)(C)OC(=O)Nc1nccc2cc(NC(C(=O)O)c3ccc(OC(F)F)c(OC(F)F)c3)ccc12. The van der Waals surface area contributed by atoms with Crippen LogP contribution < -0.4 is 20.1 Å².